The molecule has 1 fully saturated rings. The van der Waals surface area contributed by atoms with E-state index < -0.39 is 0 Å². The fourth-order valence-electron chi connectivity index (χ4n) is 4.66. The summed E-state index contributed by atoms with van der Waals surface area (Å²) in [5.74, 6) is -0.213. The van der Waals surface area contributed by atoms with Crippen LogP contribution in [-0.2, 0) is 9.53 Å². The number of hydrogen-bond acceptors (Lipinski definition) is 4. The number of benzene rings is 2. The smallest absolute Gasteiger partial charge is 0.305 e. The molecule has 0 radical (unpaired) electrons. The Morgan fingerprint density at radius 3 is 2.68 bits per heavy atom. The van der Waals surface area contributed by atoms with Gasteiger partial charge in [0.05, 0.1) is 24.9 Å². The highest BCUT2D eigenvalue weighted by Gasteiger charge is 2.41. The van der Waals surface area contributed by atoms with Crippen LogP contribution in [0.25, 0.3) is 16.5 Å². The molecule has 5 rings (SSSR count). The van der Waals surface area contributed by atoms with Crippen molar-refractivity contribution in [3.63, 3.8) is 0 Å². The number of nitrogens with zero attached hydrogens (tertiary/aromatic N) is 3. The molecular weight excluding hydrogens is 444 g/mol. The van der Waals surface area contributed by atoms with Crippen molar-refractivity contribution in [2.75, 3.05) is 13.7 Å². The number of aromatic nitrogens is 2. The standard InChI is InChI=1S/C27H26N4O2S/c1-33-24(32)12-7-17-31-26(25(29-27(31)34)22-10-4-5-15-28-22)23-11-6-16-30(23)21-14-13-19-8-2-3-9-20(19)18-21/h2-6,8-11,13-16,18,25-26H,7,12,17H2,1H3,(H,29,34)/t25-,26+/m0/s1. The molecule has 0 saturated carbocycles. The van der Waals surface area contributed by atoms with Crippen LogP contribution in [0.3, 0.4) is 0 Å². The lowest BCUT2D eigenvalue weighted by atomic mass is 10.0. The van der Waals surface area contributed by atoms with Crippen LogP contribution >= 0.6 is 12.2 Å². The van der Waals surface area contributed by atoms with Crippen LogP contribution in [0.5, 0.6) is 0 Å². The minimum absolute atomic E-state index is 0.0819. The largest absolute Gasteiger partial charge is 0.469 e. The van der Waals surface area contributed by atoms with Gasteiger partial charge in [-0.2, -0.15) is 0 Å². The number of nitrogens with one attached hydrogen (secondary N) is 1. The summed E-state index contributed by atoms with van der Waals surface area (Å²) in [5.41, 5.74) is 3.12. The lowest BCUT2D eigenvalue weighted by molar-refractivity contribution is -0.140. The van der Waals surface area contributed by atoms with Crippen molar-refractivity contribution < 1.29 is 9.53 Å². The van der Waals surface area contributed by atoms with Gasteiger partial charge in [-0.1, -0.05) is 36.4 Å². The molecule has 6 nitrogen and oxygen atoms in total. The van der Waals surface area contributed by atoms with E-state index in [-0.39, 0.29) is 18.1 Å². The SMILES string of the molecule is COC(=O)CCCN1C(=S)N[C@@H](c2ccccn2)[C@H]1c1cccn1-c1ccc2ccccc2c1. The van der Waals surface area contributed by atoms with Gasteiger partial charge < -0.3 is 19.5 Å². The van der Waals surface area contributed by atoms with Crippen LogP contribution < -0.4 is 5.32 Å². The Morgan fingerprint density at radius 1 is 1.06 bits per heavy atom. The van der Waals surface area contributed by atoms with Crippen LogP contribution in [0.2, 0.25) is 0 Å². The van der Waals surface area contributed by atoms with E-state index >= 15 is 0 Å². The van der Waals surface area contributed by atoms with Crippen molar-refractivity contribution in [1.29, 1.82) is 0 Å². The molecule has 1 N–H and O–H groups in total. The summed E-state index contributed by atoms with van der Waals surface area (Å²) in [6, 6.07) is 24.8. The maximum Gasteiger partial charge on any atom is 0.305 e. The van der Waals surface area contributed by atoms with Gasteiger partial charge in [0.1, 0.15) is 0 Å². The van der Waals surface area contributed by atoms with Crippen LogP contribution in [0.15, 0.2) is 85.2 Å². The Kier molecular flexibility index (Phi) is 6.27. The van der Waals surface area contributed by atoms with E-state index in [1.165, 1.54) is 17.9 Å². The number of esters is 1. The summed E-state index contributed by atoms with van der Waals surface area (Å²) >= 11 is 5.76. The predicted octanol–water partition coefficient (Wildman–Crippen LogP) is 4.95. The molecule has 1 saturated heterocycles. The van der Waals surface area contributed by atoms with Crippen LogP contribution in [-0.4, -0.2) is 39.2 Å². The monoisotopic (exact) mass is 470 g/mol. The highest BCUT2D eigenvalue weighted by Crippen LogP contribution is 2.39. The molecule has 1 aliphatic rings. The van der Waals surface area contributed by atoms with Gasteiger partial charge in [-0.15, -0.1) is 0 Å². The number of methoxy groups -OCH3 is 1. The Morgan fingerprint density at radius 2 is 1.88 bits per heavy atom. The fourth-order valence-corrected chi connectivity index (χ4v) is 4.99. The van der Waals surface area contributed by atoms with Crippen LogP contribution in [0.4, 0.5) is 0 Å². The van der Waals surface area contributed by atoms with Crippen LogP contribution in [0.1, 0.15) is 36.3 Å². The zero-order valence-corrected chi connectivity index (χ0v) is 19.7. The minimum Gasteiger partial charge on any atom is -0.469 e. The van der Waals surface area contributed by atoms with Crippen molar-refractivity contribution in [3.8, 4) is 5.69 Å². The molecule has 0 bridgehead atoms. The lowest BCUT2D eigenvalue weighted by Crippen LogP contribution is -2.31. The molecule has 172 valence electrons. The van der Waals surface area contributed by atoms with Crippen molar-refractivity contribution in [2.45, 2.75) is 24.9 Å². The average Bonchev–Trinajstić information content (AvgIpc) is 3.48. The number of carbonyl (C=O) groups is 1. The molecule has 2 aromatic heterocycles. The molecule has 4 aromatic rings. The Hall–Kier alpha value is -3.71. The predicted molar refractivity (Wildman–Crippen MR) is 137 cm³/mol. The summed E-state index contributed by atoms with van der Waals surface area (Å²) in [7, 11) is 1.42. The summed E-state index contributed by atoms with van der Waals surface area (Å²) in [6.07, 6.45) is 4.89. The highest BCUT2D eigenvalue weighted by atomic mass is 32.1. The first-order chi connectivity index (χ1) is 16.7. The average molecular weight is 471 g/mol. The van der Waals surface area contributed by atoms with E-state index in [0.717, 1.165) is 17.1 Å². The molecule has 2 aromatic carbocycles. The summed E-state index contributed by atoms with van der Waals surface area (Å²) in [6.45, 7) is 0.637. The number of fused-ring (bicyclic) bond motifs is 1. The quantitative estimate of drug-likeness (QED) is 0.305. The molecule has 0 spiro atoms. The summed E-state index contributed by atoms with van der Waals surface area (Å²) in [4.78, 5) is 18.5. The van der Waals surface area contributed by atoms with Gasteiger partial charge in [-0.25, -0.2) is 0 Å². The second-order valence-corrected chi connectivity index (χ2v) is 8.72. The maximum absolute atomic E-state index is 11.7. The van der Waals surface area contributed by atoms with Crippen molar-refractivity contribution >= 4 is 34.1 Å². The number of pyridine rings is 1. The maximum atomic E-state index is 11.7. The number of rotatable bonds is 7. The van der Waals surface area contributed by atoms with Gasteiger partial charge in [-0.3, -0.25) is 9.78 Å². The first-order valence-corrected chi connectivity index (χ1v) is 11.8. The topological polar surface area (TPSA) is 59.4 Å². The molecule has 0 amide bonds. The van der Waals surface area contributed by atoms with E-state index in [4.69, 9.17) is 17.0 Å². The summed E-state index contributed by atoms with van der Waals surface area (Å²) < 4.78 is 7.04. The number of ether oxygens (including phenoxy) is 1. The molecular formula is C27H26N4O2S. The highest BCUT2D eigenvalue weighted by molar-refractivity contribution is 7.80. The second-order valence-electron chi connectivity index (χ2n) is 8.33. The Balaban J connectivity index is 1.54. The Bertz CT molecular complexity index is 1320. The van der Waals surface area contributed by atoms with Crippen molar-refractivity contribution in [2.24, 2.45) is 0 Å². The van der Waals surface area contributed by atoms with E-state index in [9.17, 15) is 4.79 Å². The van der Waals surface area contributed by atoms with E-state index in [0.29, 0.717) is 24.5 Å². The molecule has 7 heteroatoms. The molecule has 34 heavy (non-hydrogen) atoms. The minimum atomic E-state index is -0.213. The van der Waals surface area contributed by atoms with Gasteiger partial charge in [0.2, 0.25) is 0 Å². The fraction of sp³-hybridized carbons (Fsp3) is 0.222. The van der Waals surface area contributed by atoms with Crippen molar-refractivity contribution in [3.05, 3.63) is 96.6 Å². The zero-order chi connectivity index (χ0) is 23.5. The Labute approximate surface area is 204 Å². The van der Waals surface area contributed by atoms with E-state index in [2.05, 4.69) is 80.6 Å². The van der Waals surface area contributed by atoms with E-state index in [1.807, 2.05) is 18.2 Å². The molecule has 2 atom stereocenters. The van der Waals surface area contributed by atoms with Crippen LogP contribution in [0, 0.1) is 0 Å². The normalized spacial score (nSPS) is 17.7. The molecule has 1 aliphatic heterocycles. The van der Waals surface area contributed by atoms with Gasteiger partial charge in [-0.05, 0) is 65.8 Å². The molecule has 3 heterocycles. The van der Waals surface area contributed by atoms with Gasteiger partial charge in [0.15, 0.2) is 5.11 Å². The van der Waals surface area contributed by atoms with Gasteiger partial charge in [0.25, 0.3) is 0 Å². The number of thiocarbonyl (C=S) groups is 1. The first kappa shape index (κ1) is 22.1. The third-order valence-electron chi connectivity index (χ3n) is 6.30. The lowest BCUT2D eigenvalue weighted by Gasteiger charge is -2.29. The molecule has 0 aliphatic carbocycles. The molecule has 0 unspecified atom stereocenters. The number of hydrogen-bond donors (Lipinski definition) is 1. The number of carbonyl (C=O) groups excluding carboxylic acids is 1. The van der Waals surface area contributed by atoms with E-state index in [1.54, 1.807) is 6.20 Å². The van der Waals surface area contributed by atoms with Gasteiger partial charge in [0, 0.05) is 36.7 Å². The van der Waals surface area contributed by atoms with Gasteiger partial charge >= 0.3 is 5.97 Å². The van der Waals surface area contributed by atoms with Crippen molar-refractivity contribution in [1.82, 2.24) is 19.8 Å². The zero-order valence-electron chi connectivity index (χ0n) is 18.9. The summed E-state index contributed by atoms with van der Waals surface area (Å²) in [5, 5.41) is 6.55. The third kappa shape index (κ3) is 4.26. The third-order valence-corrected chi connectivity index (χ3v) is 6.65. The first-order valence-electron chi connectivity index (χ1n) is 11.4. The second kappa shape index (κ2) is 9.65.